The molecule has 1 fully saturated rings. The van der Waals surface area contributed by atoms with Gasteiger partial charge in [-0.25, -0.2) is 0 Å². The predicted octanol–water partition coefficient (Wildman–Crippen LogP) is 2.59. The molecule has 2 bridgehead atoms. The topological polar surface area (TPSA) is 77.2 Å². The number of aliphatic hydroxyl groups is 1. The largest absolute Gasteiger partial charge is 0.498 e. The normalized spacial score (nSPS) is 32.8. The highest BCUT2D eigenvalue weighted by molar-refractivity contribution is 5.45. The van der Waals surface area contributed by atoms with E-state index in [0.717, 1.165) is 12.0 Å². The van der Waals surface area contributed by atoms with Crippen LogP contribution >= 0.6 is 0 Å². The van der Waals surface area contributed by atoms with Crippen molar-refractivity contribution in [3.05, 3.63) is 59.1 Å². The van der Waals surface area contributed by atoms with Crippen molar-refractivity contribution in [3.8, 4) is 5.88 Å². The Bertz CT molecular complexity index is 909. The van der Waals surface area contributed by atoms with Gasteiger partial charge in [0.25, 0.3) is 5.88 Å². The average Bonchev–Trinajstić information content (AvgIpc) is 3.38. The van der Waals surface area contributed by atoms with Crippen molar-refractivity contribution in [3.63, 3.8) is 0 Å². The van der Waals surface area contributed by atoms with Crippen molar-refractivity contribution in [1.29, 1.82) is 0 Å². The number of methoxy groups -OCH3 is 1. The molecule has 7 nitrogen and oxygen atoms in total. The van der Waals surface area contributed by atoms with Crippen molar-refractivity contribution >= 4 is 0 Å². The molecule has 148 valence electrons. The fraction of sp³-hybridized carbons (Fsp3) is 0.476. The van der Waals surface area contributed by atoms with Gasteiger partial charge in [0.05, 0.1) is 24.8 Å². The molecule has 0 radical (unpaired) electrons. The van der Waals surface area contributed by atoms with Crippen molar-refractivity contribution in [2.45, 2.75) is 36.9 Å². The fourth-order valence-electron chi connectivity index (χ4n) is 5.03. The summed E-state index contributed by atoms with van der Waals surface area (Å²) in [6, 6.07) is 9.74. The molecule has 2 aliphatic heterocycles. The van der Waals surface area contributed by atoms with Crippen LogP contribution in [0.3, 0.4) is 0 Å². The van der Waals surface area contributed by atoms with Gasteiger partial charge in [-0.05, 0) is 37.3 Å². The van der Waals surface area contributed by atoms with E-state index in [9.17, 15) is 5.11 Å². The first kappa shape index (κ1) is 17.7. The maximum Gasteiger partial charge on any atom is 0.260 e. The maximum atomic E-state index is 11.4. The molecule has 1 saturated heterocycles. The van der Waals surface area contributed by atoms with E-state index in [2.05, 4.69) is 10.1 Å². The molecule has 1 aromatic heterocycles. The summed E-state index contributed by atoms with van der Waals surface area (Å²) in [5.41, 5.74) is 0.634. The van der Waals surface area contributed by atoms with Crippen LogP contribution in [-0.4, -0.2) is 48.1 Å². The van der Waals surface area contributed by atoms with Gasteiger partial charge in [0.2, 0.25) is 0 Å². The third kappa shape index (κ3) is 2.30. The Morgan fingerprint density at radius 3 is 2.79 bits per heavy atom. The third-order valence-corrected chi connectivity index (χ3v) is 6.15. The molecular formula is C21H24N2O5. The number of nitrogens with zero attached hydrogens (tertiary/aromatic N) is 2. The Morgan fingerprint density at radius 1 is 1.29 bits per heavy atom. The fourth-order valence-corrected chi connectivity index (χ4v) is 5.03. The third-order valence-electron chi connectivity index (χ3n) is 6.15. The summed E-state index contributed by atoms with van der Waals surface area (Å²) in [7, 11) is 5.61. The van der Waals surface area contributed by atoms with Gasteiger partial charge in [0.15, 0.2) is 11.4 Å². The molecule has 5 rings (SSSR count). The Hall–Kier alpha value is -2.35. The molecule has 1 aliphatic carbocycles. The monoisotopic (exact) mass is 384 g/mol. The van der Waals surface area contributed by atoms with Gasteiger partial charge < -0.3 is 23.8 Å². The lowest BCUT2D eigenvalue weighted by Crippen LogP contribution is -2.51. The molecule has 1 spiro atoms. The highest BCUT2D eigenvalue weighted by atomic mass is 16.6. The first-order valence-electron chi connectivity index (χ1n) is 9.51. The molecule has 28 heavy (non-hydrogen) atoms. The molecule has 5 atom stereocenters. The molecule has 2 aromatic rings. The number of aromatic nitrogens is 1. The second kappa shape index (κ2) is 6.34. The van der Waals surface area contributed by atoms with E-state index in [4.69, 9.17) is 18.7 Å². The molecule has 0 amide bonds. The average molecular weight is 384 g/mol. The number of benzene rings is 1. The number of rotatable bonds is 5. The number of hydrogen-bond acceptors (Lipinski definition) is 7. The summed E-state index contributed by atoms with van der Waals surface area (Å²) in [6.45, 7) is 0.339. The van der Waals surface area contributed by atoms with E-state index in [1.807, 2.05) is 50.5 Å². The minimum Gasteiger partial charge on any atom is -0.498 e. The molecule has 7 heteroatoms. The van der Waals surface area contributed by atoms with Crippen LogP contribution in [0.15, 0.2) is 46.7 Å². The molecule has 3 heterocycles. The van der Waals surface area contributed by atoms with E-state index < -0.39 is 11.7 Å². The van der Waals surface area contributed by atoms with Crippen molar-refractivity contribution in [1.82, 2.24) is 10.1 Å². The second-order valence-electron chi connectivity index (χ2n) is 7.88. The van der Waals surface area contributed by atoms with Gasteiger partial charge in [-0.3, -0.25) is 4.90 Å². The van der Waals surface area contributed by atoms with E-state index >= 15 is 0 Å². The maximum absolute atomic E-state index is 11.4. The van der Waals surface area contributed by atoms with Crippen molar-refractivity contribution in [2.75, 3.05) is 21.2 Å². The lowest BCUT2D eigenvalue weighted by molar-refractivity contribution is -0.132. The van der Waals surface area contributed by atoms with Crippen LogP contribution in [0.4, 0.5) is 0 Å². The van der Waals surface area contributed by atoms with Crippen LogP contribution in [0.5, 0.6) is 5.88 Å². The number of ether oxygens (including phenoxy) is 3. The van der Waals surface area contributed by atoms with Gasteiger partial charge in [-0.15, -0.1) is 0 Å². The molecule has 1 aromatic carbocycles. The van der Waals surface area contributed by atoms with Crippen LogP contribution in [0, 0.1) is 5.92 Å². The van der Waals surface area contributed by atoms with Gasteiger partial charge in [-0.1, -0.05) is 30.3 Å². The molecular weight excluding hydrogens is 360 g/mol. The van der Waals surface area contributed by atoms with Crippen molar-refractivity contribution < 1.29 is 23.8 Å². The Kier molecular flexibility index (Phi) is 4.01. The van der Waals surface area contributed by atoms with E-state index in [-0.39, 0.29) is 18.1 Å². The number of aliphatic hydroxyl groups excluding tert-OH is 1. The summed E-state index contributed by atoms with van der Waals surface area (Å²) in [5.74, 6) is 1.63. The summed E-state index contributed by atoms with van der Waals surface area (Å²) in [5, 5.41) is 15.6. The second-order valence-corrected chi connectivity index (χ2v) is 7.88. The Balaban J connectivity index is 1.56. The predicted molar refractivity (Wildman–Crippen MR) is 99.5 cm³/mol. The van der Waals surface area contributed by atoms with E-state index in [0.29, 0.717) is 29.6 Å². The standard InChI is InChI=1S/C21H24N2O5/c1-23(2)17-14-9-13-10-15(25-3)21(14,27-13)19(24)16-18(17)28-22-20(16)26-11-12-7-5-4-6-8-12/h4-8,10,13-14,17,19,24H,9,11H2,1-3H3/t13?,14?,17-,19?,21?/m0/s1. The van der Waals surface area contributed by atoms with Crippen molar-refractivity contribution in [2.24, 2.45) is 5.92 Å². The summed E-state index contributed by atoms with van der Waals surface area (Å²) < 4.78 is 23.6. The zero-order chi connectivity index (χ0) is 19.5. The molecule has 3 aliphatic rings. The minimum atomic E-state index is -0.973. The Labute approximate surface area is 163 Å². The lowest BCUT2D eigenvalue weighted by Gasteiger charge is -2.46. The van der Waals surface area contributed by atoms with Crippen LogP contribution in [0.25, 0.3) is 0 Å². The zero-order valence-electron chi connectivity index (χ0n) is 16.2. The van der Waals surface area contributed by atoms with Gasteiger partial charge >= 0.3 is 0 Å². The highest BCUT2D eigenvalue weighted by Gasteiger charge is 2.68. The summed E-state index contributed by atoms with van der Waals surface area (Å²) in [4.78, 5) is 2.08. The molecule has 1 N–H and O–H groups in total. The highest BCUT2D eigenvalue weighted by Crippen LogP contribution is 2.63. The first-order chi connectivity index (χ1) is 13.6. The first-order valence-corrected chi connectivity index (χ1v) is 9.51. The van der Waals surface area contributed by atoms with Crippen LogP contribution in [0.2, 0.25) is 0 Å². The molecule has 0 saturated carbocycles. The zero-order valence-corrected chi connectivity index (χ0v) is 16.2. The van der Waals surface area contributed by atoms with Gasteiger partial charge in [0.1, 0.15) is 18.5 Å². The van der Waals surface area contributed by atoms with Crippen LogP contribution < -0.4 is 4.74 Å². The lowest BCUT2D eigenvalue weighted by atomic mass is 9.66. The van der Waals surface area contributed by atoms with Gasteiger partial charge in [-0.2, -0.15) is 0 Å². The Morgan fingerprint density at radius 2 is 2.07 bits per heavy atom. The SMILES string of the molecule is COC1=CC2CC3[C@H](N(C)C)c4onc(OCc5ccccc5)c4C(O)C13O2. The van der Waals surface area contributed by atoms with E-state index in [1.165, 1.54) is 0 Å². The molecule has 4 unspecified atom stereocenters. The number of fused-ring (bicyclic) bond motifs is 2. The van der Waals surface area contributed by atoms with Crippen LogP contribution in [-0.2, 0) is 16.1 Å². The quantitative estimate of drug-likeness (QED) is 0.849. The smallest absolute Gasteiger partial charge is 0.260 e. The number of hydrogen-bond donors (Lipinski definition) is 1. The minimum absolute atomic E-state index is 0.00451. The van der Waals surface area contributed by atoms with Gasteiger partial charge in [0, 0.05) is 5.92 Å². The summed E-state index contributed by atoms with van der Waals surface area (Å²) in [6.07, 6.45) is 1.73. The van der Waals surface area contributed by atoms with Crippen LogP contribution in [0.1, 0.15) is 35.5 Å². The summed E-state index contributed by atoms with van der Waals surface area (Å²) >= 11 is 0. The van der Waals surface area contributed by atoms with E-state index in [1.54, 1.807) is 7.11 Å².